The summed E-state index contributed by atoms with van der Waals surface area (Å²) in [5, 5.41) is 0. The third-order valence-electron chi connectivity index (χ3n) is 5.62. The summed E-state index contributed by atoms with van der Waals surface area (Å²) in [6.45, 7) is 2.99. The van der Waals surface area contributed by atoms with Gasteiger partial charge in [-0.2, -0.15) is 0 Å². The van der Waals surface area contributed by atoms with E-state index < -0.39 is 60.6 Å². The van der Waals surface area contributed by atoms with Crippen molar-refractivity contribution in [2.24, 2.45) is 5.73 Å². The molecule has 12 heteroatoms. The average Bonchev–Trinajstić information content (AvgIpc) is 3.15. The maximum Gasteiger partial charge on any atom is 0.508 e. The van der Waals surface area contributed by atoms with Crippen LogP contribution in [-0.2, 0) is 30.2 Å². The van der Waals surface area contributed by atoms with E-state index in [9.17, 15) is 19.2 Å². The van der Waals surface area contributed by atoms with Gasteiger partial charge in [-0.25, -0.2) is 14.0 Å². The van der Waals surface area contributed by atoms with E-state index >= 15 is 4.39 Å². The fourth-order valence-electron chi connectivity index (χ4n) is 3.63. The number of alkyl halides is 1. The first-order valence-corrected chi connectivity index (χ1v) is 11.6. The lowest BCUT2D eigenvalue weighted by atomic mass is 10.1. The van der Waals surface area contributed by atoms with E-state index in [0.29, 0.717) is 6.42 Å². The maximum atomic E-state index is 15.6. The average molecular weight is 508 g/mol. The molecule has 3 N–H and O–H groups in total. The van der Waals surface area contributed by atoms with Crippen LogP contribution in [0.1, 0.15) is 37.1 Å². The van der Waals surface area contributed by atoms with Gasteiger partial charge < -0.3 is 24.7 Å². The highest BCUT2D eigenvalue weighted by Crippen LogP contribution is 2.33. The summed E-state index contributed by atoms with van der Waals surface area (Å²) in [4.78, 5) is 50.7. The summed E-state index contributed by atoms with van der Waals surface area (Å²) < 4.78 is 37.4. The van der Waals surface area contributed by atoms with Gasteiger partial charge in [0.1, 0.15) is 18.8 Å². The van der Waals surface area contributed by atoms with Gasteiger partial charge in [0.15, 0.2) is 18.5 Å². The monoisotopic (exact) mass is 507 g/mol. The van der Waals surface area contributed by atoms with Crippen LogP contribution >= 0.6 is 0 Å². The van der Waals surface area contributed by atoms with Gasteiger partial charge in [-0.1, -0.05) is 43.7 Å². The predicted molar refractivity (Wildman–Crippen MR) is 125 cm³/mol. The normalized spacial score (nSPS) is 22.1. The molecule has 1 aliphatic rings. The quantitative estimate of drug-likeness (QED) is 0.360. The van der Waals surface area contributed by atoms with Gasteiger partial charge >= 0.3 is 17.8 Å². The molecule has 0 spiro atoms. The topological polar surface area (TPSA) is 152 Å². The lowest BCUT2D eigenvalue weighted by Crippen LogP contribution is -2.43. The van der Waals surface area contributed by atoms with Crippen molar-refractivity contribution in [2.75, 3.05) is 13.2 Å². The molecule has 0 saturated carbocycles. The van der Waals surface area contributed by atoms with Crippen molar-refractivity contribution in [3.05, 3.63) is 68.5 Å². The minimum absolute atomic E-state index is 0.142. The number of halogens is 1. The van der Waals surface area contributed by atoms with Crippen LogP contribution in [0, 0.1) is 6.92 Å². The van der Waals surface area contributed by atoms with Crippen molar-refractivity contribution < 1.29 is 32.9 Å². The largest absolute Gasteiger partial charge is 0.508 e. The minimum atomic E-state index is -2.04. The molecule has 2 heterocycles. The minimum Gasteiger partial charge on any atom is -0.455 e. The van der Waals surface area contributed by atoms with Crippen LogP contribution in [0.2, 0.25) is 0 Å². The smallest absolute Gasteiger partial charge is 0.455 e. The molecule has 0 bridgehead atoms. The van der Waals surface area contributed by atoms with E-state index in [0.717, 1.165) is 22.7 Å². The maximum absolute atomic E-state index is 15.6. The summed E-state index contributed by atoms with van der Waals surface area (Å²) in [6.07, 6.45) is -4.67. The standard InChI is InChI=1S/C24H30FN3O8/c1-3-4-10-33-24(32)34-13-17-19(36-22(30)16(26)11-15-8-6-5-7-9-15)18(25)21(35-17)28-12-14(2)20(29)27-23(28)31/h5-9,12,16-19,21H,3-4,10-11,13,26H2,1-2H3,(H,27,29,31)/t16-,17-,18+,19-,21-/m0/s1. The molecule has 11 nitrogen and oxygen atoms in total. The predicted octanol–water partition coefficient (Wildman–Crippen LogP) is 1.52. The Kier molecular flexibility index (Phi) is 9.37. The molecule has 36 heavy (non-hydrogen) atoms. The van der Waals surface area contributed by atoms with Crippen LogP contribution in [-0.4, -0.2) is 59.3 Å². The number of ether oxygens (including phenoxy) is 4. The lowest BCUT2D eigenvalue weighted by Gasteiger charge is -2.21. The highest BCUT2D eigenvalue weighted by atomic mass is 19.1. The van der Waals surface area contributed by atoms with Gasteiger partial charge in [-0.05, 0) is 25.3 Å². The van der Waals surface area contributed by atoms with Gasteiger partial charge in [-0.15, -0.1) is 0 Å². The second-order valence-corrected chi connectivity index (χ2v) is 8.45. The number of aromatic nitrogens is 2. The molecule has 0 aliphatic carbocycles. The summed E-state index contributed by atoms with van der Waals surface area (Å²) in [5.41, 5.74) is 5.36. The summed E-state index contributed by atoms with van der Waals surface area (Å²) in [7, 11) is 0. The fraction of sp³-hybridized carbons (Fsp3) is 0.500. The number of H-pyrrole nitrogens is 1. The van der Waals surface area contributed by atoms with Gasteiger partial charge in [0.2, 0.25) is 0 Å². The number of esters is 1. The number of hydrogen-bond donors (Lipinski definition) is 2. The Morgan fingerprint density at radius 2 is 1.94 bits per heavy atom. The summed E-state index contributed by atoms with van der Waals surface area (Å²) in [5.74, 6) is -0.892. The molecule has 0 radical (unpaired) electrons. The number of benzene rings is 1. The number of rotatable bonds is 10. The van der Waals surface area contributed by atoms with Crippen LogP contribution in [0.4, 0.5) is 9.18 Å². The van der Waals surface area contributed by atoms with E-state index in [-0.39, 0.29) is 18.6 Å². The van der Waals surface area contributed by atoms with Crippen LogP contribution in [0.15, 0.2) is 46.1 Å². The molecule has 1 aromatic heterocycles. The summed E-state index contributed by atoms with van der Waals surface area (Å²) >= 11 is 0. The van der Waals surface area contributed by atoms with E-state index in [1.54, 1.807) is 24.3 Å². The Bertz CT molecular complexity index is 1150. The van der Waals surface area contributed by atoms with Crippen molar-refractivity contribution in [3.8, 4) is 0 Å². The molecule has 3 rings (SSSR count). The van der Waals surface area contributed by atoms with E-state index in [1.807, 2.05) is 13.0 Å². The number of carbonyl (C=O) groups excluding carboxylic acids is 2. The van der Waals surface area contributed by atoms with Crippen molar-refractivity contribution in [1.82, 2.24) is 9.55 Å². The zero-order valence-electron chi connectivity index (χ0n) is 20.1. The first-order valence-electron chi connectivity index (χ1n) is 11.6. The van der Waals surface area contributed by atoms with Crippen LogP contribution in [0.3, 0.4) is 0 Å². The zero-order valence-corrected chi connectivity index (χ0v) is 20.1. The highest BCUT2D eigenvalue weighted by Gasteiger charge is 2.50. The molecule has 0 unspecified atom stereocenters. The SMILES string of the molecule is CCCCOC(=O)OC[C@@H]1O[C@H](n2cc(C)c(=O)[nH]c2=O)[C@H](F)[C@H]1OC(=O)[C@@H](N)Cc1ccccc1. The molecule has 5 atom stereocenters. The number of aryl methyl sites for hydroxylation is 1. The van der Waals surface area contributed by atoms with E-state index in [4.69, 9.17) is 24.7 Å². The molecule has 1 saturated heterocycles. The number of carbonyl (C=O) groups is 2. The molecule has 1 fully saturated rings. The third-order valence-corrected chi connectivity index (χ3v) is 5.62. The lowest BCUT2D eigenvalue weighted by molar-refractivity contribution is -0.156. The molecule has 1 aromatic carbocycles. The third kappa shape index (κ3) is 6.79. The molecule has 196 valence electrons. The van der Waals surface area contributed by atoms with Gasteiger partial charge in [0.25, 0.3) is 5.56 Å². The van der Waals surface area contributed by atoms with Crippen molar-refractivity contribution in [3.63, 3.8) is 0 Å². The summed E-state index contributed by atoms with van der Waals surface area (Å²) in [6, 6.07) is 7.86. The number of nitrogens with two attached hydrogens (primary N) is 1. The molecule has 0 amide bonds. The van der Waals surface area contributed by atoms with Gasteiger partial charge in [0, 0.05) is 11.8 Å². The number of nitrogens with zero attached hydrogens (tertiary/aromatic N) is 1. The van der Waals surface area contributed by atoms with Crippen molar-refractivity contribution in [2.45, 2.75) is 63.8 Å². The highest BCUT2D eigenvalue weighted by molar-refractivity contribution is 5.76. The van der Waals surface area contributed by atoms with Crippen LogP contribution in [0.5, 0.6) is 0 Å². The number of hydrogen-bond acceptors (Lipinski definition) is 9. The second kappa shape index (κ2) is 12.5. The first kappa shape index (κ1) is 27.1. The molecule has 1 aliphatic heterocycles. The Labute approximate surface area is 206 Å². The Hall–Kier alpha value is -3.51. The van der Waals surface area contributed by atoms with Crippen molar-refractivity contribution in [1.29, 1.82) is 0 Å². The van der Waals surface area contributed by atoms with Crippen LogP contribution in [0.25, 0.3) is 0 Å². The van der Waals surface area contributed by atoms with Gasteiger partial charge in [0.05, 0.1) is 6.61 Å². The Morgan fingerprint density at radius 1 is 1.22 bits per heavy atom. The van der Waals surface area contributed by atoms with Crippen molar-refractivity contribution >= 4 is 12.1 Å². The zero-order chi connectivity index (χ0) is 26.2. The number of unbranched alkanes of at least 4 members (excludes halogenated alkanes) is 1. The number of aromatic amines is 1. The van der Waals surface area contributed by atoms with E-state index in [2.05, 4.69) is 4.98 Å². The second-order valence-electron chi connectivity index (χ2n) is 8.45. The van der Waals surface area contributed by atoms with E-state index in [1.165, 1.54) is 6.92 Å². The van der Waals surface area contributed by atoms with Gasteiger partial charge in [-0.3, -0.25) is 19.1 Å². The Morgan fingerprint density at radius 3 is 2.64 bits per heavy atom. The number of nitrogens with one attached hydrogen (secondary N) is 1. The molecule has 2 aromatic rings. The fourth-order valence-corrected chi connectivity index (χ4v) is 3.63. The Balaban J connectivity index is 1.76. The van der Waals surface area contributed by atoms with Crippen LogP contribution < -0.4 is 17.0 Å². The first-order chi connectivity index (χ1) is 17.2. The molecular weight excluding hydrogens is 477 g/mol. The molecular formula is C24H30FN3O8.